The molecular formula is C27H30N2O5S. The van der Waals surface area contributed by atoms with Gasteiger partial charge in [0.05, 0.1) is 25.0 Å². The average Bonchev–Trinajstić information content (AvgIpc) is 3.35. The maximum atomic E-state index is 13.7. The van der Waals surface area contributed by atoms with E-state index in [4.69, 9.17) is 9.47 Å². The van der Waals surface area contributed by atoms with Crippen molar-refractivity contribution in [3.63, 3.8) is 0 Å². The molecule has 0 N–H and O–H groups in total. The molecule has 0 aromatic heterocycles. The molecule has 1 fully saturated rings. The van der Waals surface area contributed by atoms with Crippen molar-refractivity contribution in [1.82, 2.24) is 9.21 Å². The highest BCUT2D eigenvalue weighted by molar-refractivity contribution is 7.89. The van der Waals surface area contributed by atoms with Gasteiger partial charge in [0.15, 0.2) is 0 Å². The van der Waals surface area contributed by atoms with Crippen molar-refractivity contribution in [1.29, 1.82) is 0 Å². The van der Waals surface area contributed by atoms with Crippen LogP contribution in [0.1, 0.15) is 17.0 Å². The number of rotatable bonds is 8. The number of carbonyl (C=O) groups excluding carboxylic acids is 1. The van der Waals surface area contributed by atoms with Gasteiger partial charge in [0.25, 0.3) is 0 Å². The molecule has 0 aliphatic carbocycles. The second-order valence-corrected chi connectivity index (χ2v) is 10.6. The molecule has 4 rings (SSSR count). The summed E-state index contributed by atoms with van der Waals surface area (Å²) in [5.74, 6) is 0.229. The Morgan fingerprint density at radius 1 is 0.914 bits per heavy atom. The van der Waals surface area contributed by atoms with Crippen LogP contribution in [-0.4, -0.2) is 57.9 Å². The van der Waals surface area contributed by atoms with Crippen molar-refractivity contribution in [3.8, 4) is 11.5 Å². The molecule has 0 bridgehead atoms. The molecule has 35 heavy (non-hydrogen) atoms. The molecule has 7 nitrogen and oxygen atoms in total. The van der Waals surface area contributed by atoms with Crippen LogP contribution < -0.4 is 9.47 Å². The summed E-state index contributed by atoms with van der Waals surface area (Å²) in [6, 6.07) is 23.5. The summed E-state index contributed by atoms with van der Waals surface area (Å²) in [6.45, 7) is 0.722. The lowest BCUT2D eigenvalue weighted by atomic mass is 9.87. The van der Waals surface area contributed by atoms with E-state index in [1.807, 2.05) is 54.6 Å². The van der Waals surface area contributed by atoms with Gasteiger partial charge in [0.2, 0.25) is 15.9 Å². The van der Waals surface area contributed by atoms with Crippen LogP contribution in [0.3, 0.4) is 0 Å². The van der Waals surface area contributed by atoms with Gasteiger partial charge in [-0.05, 0) is 41.5 Å². The van der Waals surface area contributed by atoms with E-state index in [0.29, 0.717) is 18.0 Å². The Labute approximate surface area is 206 Å². The number of hydrogen-bond acceptors (Lipinski definition) is 5. The first-order valence-corrected chi connectivity index (χ1v) is 12.8. The second kappa shape index (κ2) is 10.5. The minimum Gasteiger partial charge on any atom is -0.497 e. The van der Waals surface area contributed by atoms with Crippen LogP contribution in [-0.2, 0) is 21.4 Å². The number of carbonyl (C=O) groups is 1. The molecule has 2 atom stereocenters. The van der Waals surface area contributed by atoms with Crippen molar-refractivity contribution >= 4 is 15.9 Å². The van der Waals surface area contributed by atoms with E-state index < -0.39 is 15.9 Å². The molecule has 0 unspecified atom stereocenters. The number of para-hydroxylation sites is 1. The third kappa shape index (κ3) is 5.18. The average molecular weight is 495 g/mol. The van der Waals surface area contributed by atoms with Gasteiger partial charge >= 0.3 is 0 Å². The van der Waals surface area contributed by atoms with E-state index >= 15 is 0 Å². The quantitative estimate of drug-likeness (QED) is 0.477. The number of sulfonamides is 1. The molecule has 3 aromatic rings. The Hall–Kier alpha value is -3.36. The maximum Gasteiger partial charge on any atom is 0.243 e. The fourth-order valence-electron chi connectivity index (χ4n) is 4.62. The molecule has 1 amide bonds. The largest absolute Gasteiger partial charge is 0.497 e. The standard InChI is InChI=1S/C27H30N2O5S/c1-28(17-20-9-5-4-6-10-20)27(30)25-19-29(18-24(25)23-11-7-8-12-26(23)34-3)35(31,32)22-15-13-21(33-2)14-16-22/h4-16,24-25H,17-19H2,1-3H3/t24-,25-/m1/s1. The SMILES string of the molecule is COc1ccc(S(=O)(=O)N2C[C@H](c3ccccc3OC)[C@H](C(=O)N(C)Cc3ccccc3)C2)cc1. The fraction of sp³-hybridized carbons (Fsp3) is 0.296. The first kappa shape index (κ1) is 24.8. The summed E-state index contributed by atoms with van der Waals surface area (Å²) in [6.07, 6.45) is 0. The van der Waals surface area contributed by atoms with E-state index in [9.17, 15) is 13.2 Å². The molecule has 1 aliphatic heterocycles. The topological polar surface area (TPSA) is 76.1 Å². The Morgan fingerprint density at radius 2 is 1.57 bits per heavy atom. The Kier molecular flexibility index (Phi) is 7.42. The van der Waals surface area contributed by atoms with Crippen molar-refractivity contribution in [3.05, 3.63) is 90.0 Å². The summed E-state index contributed by atoms with van der Waals surface area (Å²) < 4.78 is 39.2. The molecule has 0 radical (unpaired) electrons. The molecule has 0 spiro atoms. The predicted octanol–water partition coefficient (Wildman–Crippen LogP) is 3.77. The van der Waals surface area contributed by atoms with E-state index in [2.05, 4.69) is 0 Å². The minimum absolute atomic E-state index is 0.0923. The van der Waals surface area contributed by atoms with Gasteiger partial charge in [-0.1, -0.05) is 48.5 Å². The number of methoxy groups -OCH3 is 2. The Balaban J connectivity index is 1.66. The fourth-order valence-corrected chi connectivity index (χ4v) is 6.11. The normalized spacial score (nSPS) is 18.3. The molecular weight excluding hydrogens is 464 g/mol. The minimum atomic E-state index is -3.81. The van der Waals surface area contributed by atoms with Crippen LogP contribution >= 0.6 is 0 Å². The number of ether oxygens (including phenoxy) is 2. The van der Waals surface area contributed by atoms with Crippen molar-refractivity contribution in [2.24, 2.45) is 5.92 Å². The maximum absolute atomic E-state index is 13.7. The summed E-state index contributed by atoms with van der Waals surface area (Å²) in [5.41, 5.74) is 1.84. The van der Waals surface area contributed by atoms with Crippen LogP contribution in [0, 0.1) is 5.92 Å². The van der Waals surface area contributed by atoms with Gasteiger partial charge in [0, 0.05) is 32.6 Å². The predicted molar refractivity (Wildman–Crippen MR) is 134 cm³/mol. The first-order valence-electron chi connectivity index (χ1n) is 11.4. The van der Waals surface area contributed by atoms with Gasteiger partial charge < -0.3 is 14.4 Å². The van der Waals surface area contributed by atoms with Crippen LogP contribution in [0.15, 0.2) is 83.8 Å². The van der Waals surface area contributed by atoms with Crippen LogP contribution in [0.4, 0.5) is 0 Å². The molecule has 1 saturated heterocycles. The number of amides is 1. The van der Waals surface area contributed by atoms with Crippen molar-refractivity contribution in [2.75, 3.05) is 34.4 Å². The van der Waals surface area contributed by atoms with Gasteiger partial charge in [0.1, 0.15) is 11.5 Å². The van der Waals surface area contributed by atoms with Crippen molar-refractivity contribution < 1.29 is 22.7 Å². The van der Waals surface area contributed by atoms with Gasteiger partial charge in [-0.2, -0.15) is 4.31 Å². The Bertz CT molecular complexity index is 1260. The van der Waals surface area contributed by atoms with Gasteiger partial charge in [-0.3, -0.25) is 4.79 Å². The number of hydrogen-bond donors (Lipinski definition) is 0. The van der Waals surface area contributed by atoms with Crippen LogP contribution in [0.5, 0.6) is 11.5 Å². The summed E-state index contributed by atoms with van der Waals surface area (Å²) in [7, 11) is 1.06. The highest BCUT2D eigenvalue weighted by Crippen LogP contribution is 2.40. The van der Waals surface area contributed by atoms with E-state index in [0.717, 1.165) is 11.1 Å². The molecule has 0 saturated carbocycles. The lowest BCUT2D eigenvalue weighted by Crippen LogP contribution is -2.36. The van der Waals surface area contributed by atoms with Gasteiger partial charge in [-0.25, -0.2) is 8.42 Å². The summed E-state index contributed by atoms with van der Waals surface area (Å²) in [4.78, 5) is 15.5. The molecule has 8 heteroatoms. The second-order valence-electron chi connectivity index (χ2n) is 8.63. The monoisotopic (exact) mass is 494 g/mol. The third-order valence-electron chi connectivity index (χ3n) is 6.48. The lowest BCUT2D eigenvalue weighted by molar-refractivity contribution is -0.134. The zero-order valence-electron chi connectivity index (χ0n) is 20.1. The molecule has 3 aromatic carbocycles. The smallest absolute Gasteiger partial charge is 0.243 e. The van der Waals surface area contributed by atoms with E-state index in [-0.39, 0.29) is 29.8 Å². The lowest BCUT2D eigenvalue weighted by Gasteiger charge is -2.25. The number of benzene rings is 3. The van der Waals surface area contributed by atoms with Crippen LogP contribution in [0.25, 0.3) is 0 Å². The number of nitrogens with zero attached hydrogens (tertiary/aromatic N) is 2. The third-order valence-corrected chi connectivity index (χ3v) is 8.32. The molecule has 1 heterocycles. The van der Waals surface area contributed by atoms with Gasteiger partial charge in [-0.15, -0.1) is 0 Å². The first-order chi connectivity index (χ1) is 16.8. The summed E-state index contributed by atoms with van der Waals surface area (Å²) in [5, 5.41) is 0. The summed E-state index contributed by atoms with van der Waals surface area (Å²) >= 11 is 0. The zero-order valence-corrected chi connectivity index (χ0v) is 20.9. The Morgan fingerprint density at radius 3 is 2.23 bits per heavy atom. The van der Waals surface area contributed by atoms with Crippen molar-refractivity contribution in [2.45, 2.75) is 17.4 Å². The molecule has 184 valence electrons. The highest BCUT2D eigenvalue weighted by atomic mass is 32.2. The van der Waals surface area contributed by atoms with E-state index in [1.54, 1.807) is 31.2 Å². The zero-order chi connectivity index (χ0) is 25.0. The highest BCUT2D eigenvalue weighted by Gasteiger charge is 2.45. The van der Waals surface area contributed by atoms with E-state index in [1.165, 1.54) is 23.5 Å². The van der Waals surface area contributed by atoms with Crippen LogP contribution in [0.2, 0.25) is 0 Å². The molecule has 1 aliphatic rings.